The molecule has 1 heterocycles. The topological polar surface area (TPSA) is 57.6 Å². The summed E-state index contributed by atoms with van der Waals surface area (Å²) in [7, 11) is 0. The molecule has 1 aromatic rings. The Morgan fingerprint density at radius 1 is 1.13 bits per heavy atom. The van der Waals surface area contributed by atoms with E-state index in [1.807, 2.05) is 0 Å². The van der Waals surface area contributed by atoms with Crippen LogP contribution in [0.4, 0.5) is 8.78 Å². The number of carboxylic acid groups (broad SMARTS) is 1. The highest BCUT2D eigenvalue weighted by molar-refractivity contribution is 5.89. The van der Waals surface area contributed by atoms with Crippen molar-refractivity contribution in [2.45, 2.75) is 25.7 Å². The molecule has 4 nitrogen and oxygen atoms in total. The van der Waals surface area contributed by atoms with Gasteiger partial charge in [-0.1, -0.05) is 6.07 Å². The van der Waals surface area contributed by atoms with Crippen molar-refractivity contribution in [2.75, 3.05) is 13.1 Å². The van der Waals surface area contributed by atoms with Crippen molar-refractivity contribution in [1.29, 1.82) is 0 Å². The molecule has 1 saturated carbocycles. The first-order chi connectivity index (χ1) is 11.0. The molecule has 124 valence electrons. The number of carbonyl (C=O) groups is 2. The fourth-order valence-electron chi connectivity index (χ4n) is 3.33. The van der Waals surface area contributed by atoms with E-state index in [9.17, 15) is 18.4 Å². The Morgan fingerprint density at radius 2 is 1.83 bits per heavy atom. The molecule has 1 aliphatic heterocycles. The molecule has 23 heavy (non-hydrogen) atoms. The molecule has 0 spiro atoms. The highest BCUT2D eigenvalue weighted by Gasteiger charge is 2.50. The average Bonchev–Trinajstić information content (AvgIpc) is 3.32. The molecule has 2 fully saturated rings. The number of amides is 1. The number of piperidine rings is 1. The highest BCUT2D eigenvalue weighted by atomic mass is 19.2. The van der Waals surface area contributed by atoms with E-state index in [0.29, 0.717) is 31.8 Å². The van der Waals surface area contributed by atoms with Gasteiger partial charge in [0.25, 0.3) is 0 Å². The lowest BCUT2D eigenvalue weighted by Crippen LogP contribution is -2.40. The molecular weight excluding hydrogens is 304 g/mol. The van der Waals surface area contributed by atoms with Crippen molar-refractivity contribution in [3.63, 3.8) is 0 Å². The van der Waals surface area contributed by atoms with Crippen molar-refractivity contribution in [3.8, 4) is 0 Å². The molecule has 2 atom stereocenters. The summed E-state index contributed by atoms with van der Waals surface area (Å²) in [6.07, 6.45) is 2.72. The quantitative estimate of drug-likeness (QED) is 0.926. The molecule has 1 aromatic carbocycles. The zero-order valence-electron chi connectivity index (χ0n) is 12.7. The van der Waals surface area contributed by atoms with E-state index >= 15 is 0 Å². The minimum absolute atomic E-state index is 0.0522. The number of halogens is 2. The molecule has 2 aliphatic rings. The third kappa shape index (κ3) is 3.51. The summed E-state index contributed by atoms with van der Waals surface area (Å²) in [5.74, 6) is -3.15. The van der Waals surface area contributed by atoms with Crippen molar-refractivity contribution >= 4 is 11.9 Å². The molecule has 0 radical (unpaired) electrons. The normalized spacial score (nSPS) is 24.5. The molecule has 1 saturated heterocycles. The lowest BCUT2D eigenvalue weighted by Gasteiger charge is -2.32. The van der Waals surface area contributed by atoms with E-state index in [0.717, 1.165) is 24.5 Å². The molecule has 1 N–H and O–H groups in total. The van der Waals surface area contributed by atoms with Gasteiger partial charge in [-0.2, -0.15) is 0 Å². The summed E-state index contributed by atoms with van der Waals surface area (Å²) in [5.41, 5.74) is 0.766. The number of likely N-dealkylation sites (tertiary alicyclic amines) is 1. The Hall–Kier alpha value is -1.98. The molecule has 1 amide bonds. The summed E-state index contributed by atoms with van der Waals surface area (Å²) in [6.45, 7) is 1.21. The first-order valence-electron chi connectivity index (χ1n) is 7.91. The first-order valence-corrected chi connectivity index (χ1v) is 7.91. The van der Waals surface area contributed by atoms with Gasteiger partial charge in [-0.15, -0.1) is 0 Å². The number of carboxylic acids is 1. The van der Waals surface area contributed by atoms with Gasteiger partial charge in [-0.25, -0.2) is 8.78 Å². The van der Waals surface area contributed by atoms with E-state index in [2.05, 4.69) is 0 Å². The number of hydrogen-bond acceptors (Lipinski definition) is 2. The maximum Gasteiger partial charge on any atom is 0.307 e. The van der Waals surface area contributed by atoms with Gasteiger partial charge in [0.2, 0.25) is 5.91 Å². The number of hydrogen-bond donors (Lipinski definition) is 1. The molecule has 2 unspecified atom stereocenters. The first kappa shape index (κ1) is 15.9. The van der Waals surface area contributed by atoms with Crippen molar-refractivity contribution in [3.05, 3.63) is 35.4 Å². The van der Waals surface area contributed by atoms with Gasteiger partial charge in [0.15, 0.2) is 11.6 Å². The van der Waals surface area contributed by atoms with Crippen molar-refractivity contribution < 1.29 is 23.5 Å². The van der Waals surface area contributed by atoms with Crippen LogP contribution < -0.4 is 0 Å². The summed E-state index contributed by atoms with van der Waals surface area (Å²) in [6, 6.07) is 3.97. The van der Waals surface area contributed by atoms with Crippen molar-refractivity contribution in [1.82, 2.24) is 4.90 Å². The summed E-state index contributed by atoms with van der Waals surface area (Å²) < 4.78 is 26.1. The fraction of sp³-hybridized carbons (Fsp3) is 0.529. The van der Waals surface area contributed by atoms with Gasteiger partial charge >= 0.3 is 5.97 Å². The summed E-state index contributed by atoms with van der Waals surface area (Å²) >= 11 is 0. The van der Waals surface area contributed by atoms with Gasteiger partial charge in [0.05, 0.1) is 11.8 Å². The van der Waals surface area contributed by atoms with Crippen LogP contribution in [-0.4, -0.2) is 35.0 Å². The molecule has 1 aliphatic carbocycles. The van der Waals surface area contributed by atoms with Gasteiger partial charge in [-0.3, -0.25) is 9.59 Å². The predicted octanol–water partition coefficient (Wildman–Crippen LogP) is 2.47. The van der Waals surface area contributed by atoms with E-state index in [1.165, 1.54) is 6.07 Å². The van der Waals surface area contributed by atoms with Crippen LogP contribution in [0.15, 0.2) is 18.2 Å². The van der Waals surface area contributed by atoms with Crippen LogP contribution >= 0.6 is 0 Å². The number of nitrogens with zero attached hydrogens (tertiary/aromatic N) is 1. The second kappa shape index (κ2) is 6.26. The Morgan fingerprint density at radius 3 is 2.39 bits per heavy atom. The van der Waals surface area contributed by atoms with Gasteiger partial charge in [0, 0.05) is 13.1 Å². The monoisotopic (exact) mass is 323 g/mol. The van der Waals surface area contributed by atoms with E-state index < -0.39 is 23.5 Å². The summed E-state index contributed by atoms with van der Waals surface area (Å²) in [5, 5.41) is 8.89. The third-order valence-corrected chi connectivity index (χ3v) is 4.86. The van der Waals surface area contributed by atoms with E-state index in [-0.39, 0.29) is 11.8 Å². The van der Waals surface area contributed by atoms with Gasteiger partial charge < -0.3 is 10.0 Å². The van der Waals surface area contributed by atoms with Crippen LogP contribution in [0.5, 0.6) is 0 Å². The van der Waals surface area contributed by atoms with Crippen LogP contribution in [0.2, 0.25) is 0 Å². The van der Waals surface area contributed by atoms with Crippen LogP contribution in [0, 0.1) is 29.4 Å². The van der Waals surface area contributed by atoms with Crippen LogP contribution in [0.3, 0.4) is 0 Å². The fourth-order valence-corrected chi connectivity index (χ4v) is 3.33. The zero-order chi connectivity index (χ0) is 16.6. The number of benzene rings is 1. The lowest BCUT2D eigenvalue weighted by atomic mass is 9.90. The Kier molecular flexibility index (Phi) is 4.33. The van der Waals surface area contributed by atoms with Crippen LogP contribution in [0.1, 0.15) is 24.8 Å². The number of aliphatic carboxylic acids is 1. The molecule has 0 bridgehead atoms. The molecule has 6 heteroatoms. The van der Waals surface area contributed by atoms with Crippen LogP contribution in [-0.2, 0) is 16.0 Å². The third-order valence-electron chi connectivity index (χ3n) is 4.86. The van der Waals surface area contributed by atoms with Crippen molar-refractivity contribution in [2.24, 2.45) is 17.8 Å². The van der Waals surface area contributed by atoms with Gasteiger partial charge in [0.1, 0.15) is 0 Å². The predicted molar refractivity (Wildman–Crippen MR) is 78.6 cm³/mol. The van der Waals surface area contributed by atoms with E-state index in [4.69, 9.17) is 5.11 Å². The molecule has 3 rings (SSSR count). The average molecular weight is 323 g/mol. The number of carbonyl (C=O) groups excluding carboxylic acids is 1. The number of rotatable bonds is 4. The maximum atomic E-state index is 13.2. The molecule has 0 aromatic heterocycles. The van der Waals surface area contributed by atoms with Crippen LogP contribution in [0.25, 0.3) is 0 Å². The summed E-state index contributed by atoms with van der Waals surface area (Å²) in [4.78, 5) is 24.8. The highest BCUT2D eigenvalue weighted by Crippen LogP contribution is 2.40. The standard InChI is InChI=1S/C17H19F2NO3/c18-14-2-1-11(8-15(14)19)7-10-3-5-20(6-4-10)16(21)12-9-13(12)17(22)23/h1-2,8,10,12-13H,3-7,9H2,(H,22,23). The van der Waals surface area contributed by atoms with E-state index in [1.54, 1.807) is 11.0 Å². The Labute approximate surface area is 133 Å². The second-order valence-corrected chi connectivity index (χ2v) is 6.51. The lowest BCUT2D eigenvalue weighted by molar-refractivity contribution is -0.142. The smallest absolute Gasteiger partial charge is 0.307 e. The Balaban J connectivity index is 1.49. The minimum atomic E-state index is -0.892. The molecular formula is C17H19F2NO3. The maximum absolute atomic E-state index is 13.2. The minimum Gasteiger partial charge on any atom is -0.481 e. The zero-order valence-corrected chi connectivity index (χ0v) is 12.7. The second-order valence-electron chi connectivity index (χ2n) is 6.51. The largest absolute Gasteiger partial charge is 0.481 e. The SMILES string of the molecule is O=C(O)C1CC1C(=O)N1CCC(Cc2ccc(F)c(F)c2)CC1. The van der Waals surface area contributed by atoms with Gasteiger partial charge in [-0.05, 0) is 49.3 Å². The Bertz CT molecular complexity index is 626.